The molecule has 0 spiro atoms. The fourth-order valence-corrected chi connectivity index (χ4v) is 8.92. The highest BCUT2D eigenvalue weighted by Crippen LogP contribution is 2.62. The Balaban J connectivity index is 2.32. The Morgan fingerprint density at radius 1 is 0.750 bits per heavy atom. The van der Waals surface area contributed by atoms with Gasteiger partial charge in [-0.3, -0.25) is 0 Å². The average Bonchev–Trinajstić information content (AvgIpc) is 2.82. The third-order valence-corrected chi connectivity index (χ3v) is 12.1. The molecule has 176 valence electrons. The van der Waals surface area contributed by atoms with Gasteiger partial charge < -0.3 is 0 Å². The van der Waals surface area contributed by atoms with Gasteiger partial charge in [0.1, 0.15) is 0 Å². The van der Waals surface area contributed by atoms with Crippen LogP contribution in [0, 0.1) is 5.41 Å². The maximum Gasteiger partial charge on any atom is -0.00596 e. The number of benzene rings is 2. The summed E-state index contributed by atoms with van der Waals surface area (Å²) in [4.78, 5) is 0. The van der Waals surface area contributed by atoms with Crippen LogP contribution in [0.1, 0.15) is 123 Å². The van der Waals surface area contributed by atoms with Gasteiger partial charge in [0.25, 0.3) is 0 Å². The summed E-state index contributed by atoms with van der Waals surface area (Å²) in [6, 6.07) is 14.5. The van der Waals surface area contributed by atoms with E-state index in [9.17, 15) is 0 Å². The fourth-order valence-electron chi connectivity index (χ4n) is 5.40. The van der Waals surface area contributed by atoms with Crippen molar-refractivity contribution in [2.45, 2.75) is 111 Å². The lowest BCUT2D eigenvalue weighted by Gasteiger charge is -2.46. The Morgan fingerprint density at radius 3 is 1.84 bits per heavy atom. The summed E-state index contributed by atoms with van der Waals surface area (Å²) < 4.78 is 0. The van der Waals surface area contributed by atoms with Gasteiger partial charge in [-0.1, -0.05) is 120 Å². The highest BCUT2D eigenvalue weighted by atomic mass is 31.1. The third-order valence-electron chi connectivity index (χ3n) is 8.36. The zero-order valence-corrected chi connectivity index (χ0v) is 23.4. The Kier molecular flexibility index (Phi) is 7.66. The molecule has 1 unspecified atom stereocenters. The monoisotopic (exact) mass is 450 g/mol. The van der Waals surface area contributed by atoms with Crippen molar-refractivity contribution in [3.8, 4) is 11.1 Å². The molecule has 32 heavy (non-hydrogen) atoms. The van der Waals surface area contributed by atoms with Crippen LogP contribution in [0.4, 0.5) is 0 Å². The standard InChI is InChI=1S/C31H47P/c1-21(2)24-19-26(22(3)4)29(27(20-24)23(5)6)25-15-11-12-16-28(25)32-18-14-13-17-30(7,8)31(32,9)10/h11-12,15-16,19-23H,13-14,17-18H2,1-10H3. The van der Waals surface area contributed by atoms with E-state index in [1.165, 1.54) is 53.2 Å². The Bertz CT molecular complexity index is 900. The molecule has 0 aromatic heterocycles. The van der Waals surface area contributed by atoms with Crippen molar-refractivity contribution < 1.29 is 0 Å². The summed E-state index contributed by atoms with van der Waals surface area (Å²) in [5.41, 5.74) is 7.98. The number of rotatable bonds is 5. The van der Waals surface area contributed by atoms with E-state index in [0.29, 0.717) is 28.3 Å². The summed E-state index contributed by atoms with van der Waals surface area (Å²) >= 11 is 0. The summed E-state index contributed by atoms with van der Waals surface area (Å²) in [6.07, 6.45) is 5.45. The SMILES string of the molecule is CC(C)c1cc(C(C)C)c(-c2ccccc2P2CCCCC(C)(C)C2(C)C)c(C(C)C)c1. The lowest BCUT2D eigenvalue weighted by molar-refractivity contribution is 0.255. The minimum atomic E-state index is -0.253. The highest BCUT2D eigenvalue weighted by Gasteiger charge is 2.45. The molecule has 2 aromatic carbocycles. The molecule has 1 heterocycles. The molecule has 0 nitrogen and oxygen atoms in total. The van der Waals surface area contributed by atoms with Crippen LogP contribution < -0.4 is 5.30 Å². The van der Waals surface area contributed by atoms with E-state index >= 15 is 0 Å². The zero-order chi connectivity index (χ0) is 23.8. The molecule has 0 radical (unpaired) electrons. The van der Waals surface area contributed by atoms with E-state index in [-0.39, 0.29) is 7.92 Å². The van der Waals surface area contributed by atoms with Gasteiger partial charge in [0.05, 0.1) is 0 Å². The van der Waals surface area contributed by atoms with Crippen LogP contribution in [0.2, 0.25) is 0 Å². The second-order valence-corrected chi connectivity index (χ2v) is 15.0. The van der Waals surface area contributed by atoms with Crippen LogP contribution in [0.5, 0.6) is 0 Å². The van der Waals surface area contributed by atoms with E-state index in [2.05, 4.69) is 106 Å². The second-order valence-electron chi connectivity index (χ2n) is 12.1. The molecule has 1 aliphatic rings. The van der Waals surface area contributed by atoms with Gasteiger partial charge in [-0.25, -0.2) is 0 Å². The minimum Gasteiger partial charge on any atom is -0.0683 e. The lowest BCUT2D eigenvalue weighted by Crippen LogP contribution is -2.39. The van der Waals surface area contributed by atoms with Crippen molar-refractivity contribution in [3.63, 3.8) is 0 Å². The molecule has 1 saturated heterocycles. The molecule has 1 heteroatoms. The Hall–Kier alpha value is -1.13. The summed E-state index contributed by atoms with van der Waals surface area (Å²) in [6.45, 7) is 24.3. The lowest BCUT2D eigenvalue weighted by atomic mass is 9.76. The topological polar surface area (TPSA) is 0 Å². The molecule has 1 fully saturated rings. The smallest absolute Gasteiger partial charge is 0.00596 e. The Labute approximate surface area is 200 Å². The quantitative estimate of drug-likeness (QED) is 0.398. The van der Waals surface area contributed by atoms with Gasteiger partial charge in [-0.15, -0.1) is 0 Å². The van der Waals surface area contributed by atoms with Crippen LogP contribution in [0.3, 0.4) is 0 Å². The van der Waals surface area contributed by atoms with Gasteiger partial charge in [0.15, 0.2) is 0 Å². The highest BCUT2D eigenvalue weighted by molar-refractivity contribution is 7.67. The average molecular weight is 451 g/mol. The Morgan fingerprint density at radius 2 is 1.31 bits per heavy atom. The van der Waals surface area contributed by atoms with E-state index in [0.717, 1.165) is 0 Å². The van der Waals surface area contributed by atoms with Gasteiger partial charge in [-0.05, 0) is 80.5 Å². The maximum atomic E-state index is 2.56. The first-order chi connectivity index (χ1) is 14.9. The number of hydrogen-bond donors (Lipinski definition) is 0. The molecule has 0 bridgehead atoms. The second kappa shape index (κ2) is 9.62. The molecular formula is C31H47P. The first-order valence-corrected chi connectivity index (χ1v) is 14.5. The molecule has 2 aromatic rings. The van der Waals surface area contributed by atoms with E-state index < -0.39 is 0 Å². The molecule has 0 saturated carbocycles. The normalized spacial score (nSPS) is 20.7. The molecule has 0 aliphatic carbocycles. The van der Waals surface area contributed by atoms with Crippen molar-refractivity contribution >= 4 is 13.2 Å². The van der Waals surface area contributed by atoms with Gasteiger partial charge in [-0.2, -0.15) is 0 Å². The molecule has 3 rings (SSSR count). The third kappa shape index (κ3) is 4.73. The van der Waals surface area contributed by atoms with Gasteiger partial charge >= 0.3 is 0 Å². The number of hydrogen-bond acceptors (Lipinski definition) is 0. The van der Waals surface area contributed by atoms with Crippen LogP contribution in [0.15, 0.2) is 36.4 Å². The van der Waals surface area contributed by atoms with Crippen LogP contribution in [0.25, 0.3) is 11.1 Å². The van der Waals surface area contributed by atoms with Gasteiger partial charge in [0.2, 0.25) is 0 Å². The summed E-state index contributed by atoms with van der Waals surface area (Å²) in [5, 5.41) is 1.96. The minimum absolute atomic E-state index is 0.253. The van der Waals surface area contributed by atoms with Crippen molar-refractivity contribution in [2.75, 3.05) is 6.16 Å². The zero-order valence-electron chi connectivity index (χ0n) is 22.5. The summed E-state index contributed by atoms with van der Waals surface area (Å²) in [5.74, 6) is 1.58. The molecular weight excluding hydrogens is 403 g/mol. The van der Waals surface area contributed by atoms with E-state index in [1.54, 1.807) is 5.30 Å². The predicted octanol–water partition coefficient (Wildman–Crippen LogP) is 9.82. The van der Waals surface area contributed by atoms with Crippen molar-refractivity contribution in [1.29, 1.82) is 0 Å². The van der Waals surface area contributed by atoms with Crippen molar-refractivity contribution in [3.05, 3.63) is 53.1 Å². The van der Waals surface area contributed by atoms with E-state index in [4.69, 9.17) is 0 Å². The summed E-state index contributed by atoms with van der Waals surface area (Å²) in [7, 11) is -0.253. The molecule has 1 aliphatic heterocycles. The van der Waals surface area contributed by atoms with Gasteiger partial charge in [0, 0.05) is 0 Å². The van der Waals surface area contributed by atoms with E-state index in [1.807, 2.05) is 0 Å². The van der Waals surface area contributed by atoms with Crippen LogP contribution in [-0.4, -0.2) is 11.3 Å². The first-order valence-electron chi connectivity index (χ1n) is 12.9. The largest absolute Gasteiger partial charge is 0.0683 e. The first kappa shape index (κ1) is 25.5. The fraction of sp³-hybridized carbons (Fsp3) is 0.613. The van der Waals surface area contributed by atoms with Crippen LogP contribution >= 0.6 is 7.92 Å². The maximum absolute atomic E-state index is 2.56. The predicted molar refractivity (Wildman–Crippen MR) is 147 cm³/mol. The van der Waals surface area contributed by atoms with Crippen molar-refractivity contribution in [1.82, 2.24) is 0 Å². The van der Waals surface area contributed by atoms with Crippen LogP contribution in [-0.2, 0) is 0 Å². The van der Waals surface area contributed by atoms with Crippen molar-refractivity contribution in [2.24, 2.45) is 5.41 Å². The molecule has 1 atom stereocenters. The molecule has 0 N–H and O–H groups in total. The molecule has 0 amide bonds.